The van der Waals surface area contributed by atoms with Gasteiger partial charge in [0.2, 0.25) is 0 Å². The van der Waals surface area contributed by atoms with E-state index in [4.69, 9.17) is 4.42 Å². The van der Waals surface area contributed by atoms with E-state index >= 15 is 0 Å². The molecule has 3 N–H and O–H groups in total. The van der Waals surface area contributed by atoms with E-state index in [0.29, 0.717) is 18.5 Å². The highest BCUT2D eigenvalue weighted by atomic mass is 16.3. The van der Waals surface area contributed by atoms with E-state index in [9.17, 15) is 0 Å². The molecule has 0 aliphatic heterocycles. The van der Waals surface area contributed by atoms with Gasteiger partial charge in [-0.05, 0) is 53.3 Å². The third kappa shape index (κ3) is 6.12. The molecule has 0 amide bonds. The molecule has 6 aromatic rings. The molecule has 0 saturated carbocycles. The number of hydrogen-bond acceptors (Lipinski definition) is 4. The highest BCUT2D eigenvalue weighted by Gasteiger charge is 2.26. The summed E-state index contributed by atoms with van der Waals surface area (Å²) < 4.78 is 6.93. The maximum Gasteiger partial charge on any atom is 0.145 e. The molecule has 1 heterocycles. The van der Waals surface area contributed by atoms with Crippen LogP contribution in [0, 0.1) is 5.92 Å². The lowest BCUT2D eigenvalue weighted by atomic mass is 9.85. The molecule has 1 aromatic heterocycles. The quantitative estimate of drug-likeness (QED) is 0.131. The summed E-state index contributed by atoms with van der Waals surface area (Å²) in [6, 6.07) is 41.4. The van der Waals surface area contributed by atoms with Crippen molar-refractivity contribution < 1.29 is 4.42 Å². The van der Waals surface area contributed by atoms with Crippen LogP contribution in [0.2, 0.25) is 0 Å². The Hall–Kier alpha value is -5.58. The zero-order valence-corrected chi connectivity index (χ0v) is 27.8. The van der Waals surface area contributed by atoms with Crippen LogP contribution in [0.15, 0.2) is 168 Å². The lowest BCUT2D eigenvalue weighted by Gasteiger charge is -2.31. The van der Waals surface area contributed by atoms with Gasteiger partial charge < -0.3 is 15.1 Å². The SMILES string of the molecule is CNC1=CC=CCC1C(NCNc1ccc2c(oc3c(-c4ccccc4)cccc32)c1-c1ccc(C2C=CC=CC2)cc1)c1ccccc1. The van der Waals surface area contributed by atoms with Gasteiger partial charge in [0.15, 0.2) is 0 Å². The van der Waals surface area contributed by atoms with Crippen molar-refractivity contribution in [1.82, 2.24) is 10.6 Å². The fraction of sp³-hybridized carbons (Fsp3) is 0.156. The maximum absolute atomic E-state index is 6.93. The first-order valence-electron chi connectivity index (χ1n) is 17.3. The summed E-state index contributed by atoms with van der Waals surface area (Å²) in [6.45, 7) is 0.585. The normalized spacial score (nSPS) is 17.7. The van der Waals surface area contributed by atoms with Crippen LogP contribution >= 0.6 is 0 Å². The van der Waals surface area contributed by atoms with Crippen LogP contribution < -0.4 is 16.0 Å². The van der Waals surface area contributed by atoms with Gasteiger partial charge in [0.25, 0.3) is 0 Å². The Morgan fingerprint density at radius 2 is 1.47 bits per heavy atom. The minimum absolute atomic E-state index is 0.126. The zero-order valence-electron chi connectivity index (χ0n) is 27.8. The van der Waals surface area contributed by atoms with Crippen LogP contribution in [-0.4, -0.2) is 13.7 Å². The molecule has 3 unspecified atom stereocenters. The molecule has 0 spiro atoms. The number of fused-ring (bicyclic) bond motifs is 3. The average molecular weight is 640 g/mol. The first-order valence-corrected chi connectivity index (χ1v) is 17.3. The van der Waals surface area contributed by atoms with Gasteiger partial charge in [-0.1, -0.05) is 140 Å². The molecule has 8 rings (SSSR count). The summed E-state index contributed by atoms with van der Waals surface area (Å²) in [5, 5.41) is 13.4. The topological polar surface area (TPSA) is 49.2 Å². The Morgan fingerprint density at radius 1 is 0.694 bits per heavy atom. The largest absolute Gasteiger partial charge is 0.455 e. The molecule has 49 heavy (non-hydrogen) atoms. The van der Waals surface area contributed by atoms with Crippen molar-refractivity contribution in [2.24, 2.45) is 5.92 Å². The van der Waals surface area contributed by atoms with Crippen LogP contribution in [0.3, 0.4) is 0 Å². The van der Waals surface area contributed by atoms with Crippen molar-refractivity contribution in [3.63, 3.8) is 0 Å². The van der Waals surface area contributed by atoms with Crippen molar-refractivity contribution in [2.75, 3.05) is 19.0 Å². The predicted octanol–water partition coefficient (Wildman–Crippen LogP) is 10.9. The molecule has 2 aliphatic carbocycles. The maximum atomic E-state index is 6.93. The smallest absolute Gasteiger partial charge is 0.145 e. The minimum Gasteiger partial charge on any atom is -0.455 e. The lowest BCUT2D eigenvalue weighted by molar-refractivity contribution is 0.401. The van der Waals surface area contributed by atoms with Crippen LogP contribution in [0.5, 0.6) is 0 Å². The number of allylic oxidation sites excluding steroid dienone is 7. The number of furan rings is 1. The standard InChI is InChI=1S/C45H41N3O/c1-46-40-23-12-11-20-39(40)43(35-18-9-4-10-19-35)48-30-47-41-29-28-38-37-22-13-21-36(33-16-7-3-8-17-33)44(37)49-45(38)42(41)34-26-24-32(25-27-34)31-14-5-2-6-15-31/h2-14,16-19,21-29,31,39,43,46-48H,15,20,30H2,1H3. The zero-order chi connectivity index (χ0) is 33.0. The van der Waals surface area contributed by atoms with Crippen LogP contribution in [0.4, 0.5) is 5.69 Å². The molecular formula is C45H41N3O. The summed E-state index contributed by atoms with van der Waals surface area (Å²) in [6.07, 6.45) is 17.4. The summed E-state index contributed by atoms with van der Waals surface area (Å²) in [5.41, 5.74) is 11.1. The predicted molar refractivity (Wildman–Crippen MR) is 205 cm³/mol. The molecule has 2 aliphatic rings. The summed E-state index contributed by atoms with van der Waals surface area (Å²) in [4.78, 5) is 0. The van der Waals surface area contributed by atoms with Crippen LogP contribution in [-0.2, 0) is 0 Å². The van der Waals surface area contributed by atoms with Crippen LogP contribution in [0.25, 0.3) is 44.2 Å². The molecule has 5 aromatic carbocycles. The Labute approximate surface area is 288 Å². The van der Waals surface area contributed by atoms with E-state index in [2.05, 4.69) is 174 Å². The second-order valence-electron chi connectivity index (χ2n) is 12.9. The van der Waals surface area contributed by atoms with E-state index in [1.54, 1.807) is 0 Å². The molecule has 4 nitrogen and oxygen atoms in total. The molecular weight excluding hydrogens is 599 g/mol. The first kappa shape index (κ1) is 30.7. The number of hydrogen-bond donors (Lipinski definition) is 3. The number of nitrogens with one attached hydrogen (secondary N) is 3. The molecule has 0 bridgehead atoms. The molecule has 3 atom stereocenters. The van der Waals surface area contributed by atoms with Gasteiger partial charge in [-0.25, -0.2) is 0 Å². The van der Waals surface area contributed by atoms with E-state index in [-0.39, 0.29) is 6.04 Å². The Kier molecular flexibility index (Phi) is 8.70. The number of benzene rings is 5. The van der Waals surface area contributed by atoms with Gasteiger partial charge in [0.05, 0.1) is 6.67 Å². The van der Waals surface area contributed by atoms with E-state index in [0.717, 1.165) is 62.7 Å². The highest BCUT2D eigenvalue weighted by molar-refractivity contribution is 6.15. The van der Waals surface area contributed by atoms with Crippen molar-refractivity contribution >= 4 is 27.6 Å². The Bertz CT molecular complexity index is 2190. The van der Waals surface area contributed by atoms with Gasteiger partial charge in [-0.2, -0.15) is 0 Å². The van der Waals surface area contributed by atoms with Gasteiger partial charge in [0.1, 0.15) is 11.2 Å². The van der Waals surface area contributed by atoms with E-state index in [1.165, 1.54) is 16.8 Å². The number of para-hydroxylation sites is 1. The molecule has 0 saturated heterocycles. The highest BCUT2D eigenvalue weighted by Crippen LogP contribution is 2.43. The van der Waals surface area contributed by atoms with Crippen LogP contribution in [0.1, 0.15) is 35.9 Å². The molecule has 4 heteroatoms. The summed E-state index contributed by atoms with van der Waals surface area (Å²) in [7, 11) is 2.02. The van der Waals surface area contributed by atoms with Gasteiger partial charge in [-0.3, -0.25) is 5.32 Å². The van der Waals surface area contributed by atoms with Gasteiger partial charge in [-0.15, -0.1) is 0 Å². The first-order chi connectivity index (χ1) is 24.3. The second-order valence-corrected chi connectivity index (χ2v) is 12.9. The Balaban J connectivity index is 1.19. The molecule has 242 valence electrons. The lowest BCUT2D eigenvalue weighted by Crippen LogP contribution is -2.35. The molecule has 0 radical (unpaired) electrons. The third-order valence-corrected chi connectivity index (χ3v) is 10.0. The number of anilines is 1. The second kappa shape index (κ2) is 13.9. The fourth-order valence-electron chi connectivity index (χ4n) is 7.51. The van der Waals surface area contributed by atoms with Crippen molar-refractivity contribution in [3.8, 4) is 22.3 Å². The van der Waals surface area contributed by atoms with Crippen molar-refractivity contribution in [1.29, 1.82) is 0 Å². The monoisotopic (exact) mass is 639 g/mol. The van der Waals surface area contributed by atoms with E-state index < -0.39 is 0 Å². The third-order valence-electron chi connectivity index (χ3n) is 10.0. The van der Waals surface area contributed by atoms with Gasteiger partial charge in [0, 0.05) is 58.2 Å². The average Bonchev–Trinajstić information content (AvgIpc) is 3.56. The fourth-order valence-corrected chi connectivity index (χ4v) is 7.51. The minimum atomic E-state index is 0.126. The van der Waals surface area contributed by atoms with E-state index in [1.807, 2.05) is 7.05 Å². The number of rotatable bonds is 10. The van der Waals surface area contributed by atoms with Crippen molar-refractivity contribution in [2.45, 2.75) is 24.8 Å². The Morgan fingerprint density at radius 3 is 2.24 bits per heavy atom. The van der Waals surface area contributed by atoms with Gasteiger partial charge >= 0.3 is 0 Å². The molecule has 0 fully saturated rings. The van der Waals surface area contributed by atoms with Crippen molar-refractivity contribution in [3.05, 3.63) is 175 Å². The summed E-state index contributed by atoms with van der Waals surface area (Å²) >= 11 is 0. The summed E-state index contributed by atoms with van der Waals surface area (Å²) in [5.74, 6) is 0.696.